The van der Waals surface area contributed by atoms with Crippen LogP contribution in [0.15, 0.2) is 0 Å². The van der Waals surface area contributed by atoms with Gasteiger partial charge in [-0.25, -0.2) is 0 Å². The summed E-state index contributed by atoms with van der Waals surface area (Å²) in [4.78, 5) is 12.5. The molecular weight excluding hydrogens is 238 g/mol. The van der Waals surface area contributed by atoms with Gasteiger partial charge in [0.25, 0.3) is 0 Å². The lowest BCUT2D eigenvalue weighted by Gasteiger charge is -2.43. The van der Waals surface area contributed by atoms with Crippen LogP contribution in [0.4, 0.5) is 0 Å². The van der Waals surface area contributed by atoms with Gasteiger partial charge < -0.3 is 10.1 Å². The zero-order valence-corrected chi connectivity index (χ0v) is 13.1. The summed E-state index contributed by atoms with van der Waals surface area (Å²) in [6, 6.07) is 0. The minimum atomic E-state index is -0.382. The number of esters is 1. The molecule has 0 aromatic heterocycles. The van der Waals surface area contributed by atoms with Crippen molar-refractivity contribution in [2.45, 2.75) is 59.5 Å². The first-order chi connectivity index (χ1) is 8.72. The monoisotopic (exact) mass is 267 g/mol. The van der Waals surface area contributed by atoms with Crippen molar-refractivity contribution in [3.63, 3.8) is 0 Å². The zero-order chi connectivity index (χ0) is 14.3. The normalized spacial score (nSPS) is 39.5. The maximum atomic E-state index is 12.5. The van der Waals surface area contributed by atoms with Crippen LogP contribution in [-0.2, 0) is 9.53 Å². The van der Waals surface area contributed by atoms with E-state index in [-0.39, 0.29) is 22.9 Å². The molecule has 2 fully saturated rings. The lowest BCUT2D eigenvalue weighted by atomic mass is 9.62. The fourth-order valence-electron chi connectivity index (χ4n) is 4.27. The van der Waals surface area contributed by atoms with E-state index in [9.17, 15) is 4.79 Å². The Morgan fingerprint density at radius 3 is 2.32 bits per heavy atom. The number of hydrogen-bond donors (Lipinski definition) is 1. The number of hydrogen-bond acceptors (Lipinski definition) is 3. The second kappa shape index (κ2) is 5.08. The quantitative estimate of drug-likeness (QED) is 0.742. The van der Waals surface area contributed by atoms with Crippen molar-refractivity contribution in [3.05, 3.63) is 0 Å². The summed E-state index contributed by atoms with van der Waals surface area (Å²) in [5.74, 6) is 1.47. The van der Waals surface area contributed by atoms with Gasteiger partial charge >= 0.3 is 5.97 Å². The lowest BCUT2D eigenvalue weighted by Crippen LogP contribution is -2.43. The maximum Gasteiger partial charge on any atom is 0.311 e. The molecule has 0 aromatic carbocycles. The maximum absolute atomic E-state index is 12.5. The molecule has 1 saturated heterocycles. The highest BCUT2D eigenvalue weighted by molar-refractivity contribution is 5.74. The van der Waals surface area contributed by atoms with Crippen LogP contribution >= 0.6 is 0 Å². The lowest BCUT2D eigenvalue weighted by molar-refractivity contribution is -0.164. The van der Waals surface area contributed by atoms with E-state index in [0.717, 1.165) is 25.9 Å². The minimum Gasteiger partial charge on any atom is -0.460 e. The first-order valence-corrected chi connectivity index (χ1v) is 7.65. The molecule has 1 spiro atoms. The van der Waals surface area contributed by atoms with E-state index in [1.165, 1.54) is 6.42 Å². The summed E-state index contributed by atoms with van der Waals surface area (Å²) >= 11 is 0. The molecule has 19 heavy (non-hydrogen) atoms. The molecule has 2 rings (SSSR count). The van der Waals surface area contributed by atoms with Crippen molar-refractivity contribution >= 4 is 5.97 Å². The second-order valence-corrected chi connectivity index (χ2v) is 7.93. The standard InChI is InChI=1S/C16H29NO2/c1-11-6-12(2)8-16(7-11)10-17-9-13(16)14(18)19-15(3,4)5/h11-13,17H,6-10H2,1-5H3. The number of carbonyl (C=O) groups excluding carboxylic acids is 1. The van der Waals surface area contributed by atoms with Crippen LogP contribution in [-0.4, -0.2) is 24.7 Å². The van der Waals surface area contributed by atoms with Crippen LogP contribution in [0.2, 0.25) is 0 Å². The topological polar surface area (TPSA) is 38.3 Å². The van der Waals surface area contributed by atoms with Crippen molar-refractivity contribution in [3.8, 4) is 0 Å². The summed E-state index contributed by atoms with van der Waals surface area (Å²) < 4.78 is 5.64. The fourth-order valence-corrected chi connectivity index (χ4v) is 4.27. The molecule has 110 valence electrons. The summed E-state index contributed by atoms with van der Waals surface area (Å²) in [7, 11) is 0. The van der Waals surface area contributed by atoms with E-state index >= 15 is 0 Å². The summed E-state index contributed by atoms with van der Waals surface area (Å²) in [6.07, 6.45) is 3.62. The van der Waals surface area contributed by atoms with Crippen molar-refractivity contribution in [2.75, 3.05) is 13.1 Å². The highest BCUT2D eigenvalue weighted by Crippen LogP contribution is 2.49. The van der Waals surface area contributed by atoms with E-state index in [1.54, 1.807) is 0 Å². The molecule has 1 heterocycles. The SMILES string of the molecule is CC1CC(C)CC2(CNCC2C(=O)OC(C)(C)C)C1. The average molecular weight is 267 g/mol. The first-order valence-electron chi connectivity index (χ1n) is 7.65. The van der Waals surface area contributed by atoms with E-state index < -0.39 is 0 Å². The van der Waals surface area contributed by atoms with Crippen molar-refractivity contribution < 1.29 is 9.53 Å². The molecule has 3 unspecified atom stereocenters. The Labute approximate surface area is 117 Å². The Balaban J connectivity index is 2.13. The predicted octanol–water partition coefficient (Wildman–Crippen LogP) is 2.99. The summed E-state index contributed by atoms with van der Waals surface area (Å²) in [6.45, 7) is 12.3. The van der Waals surface area contributed by atoms with Gasteiger partial charge in [-0.05, 0) is 57.3 Å². The molecule has 1 saturated carbocycles. The van der Waals surface area contributed by atoms with Gasteiger partial charge in [0.15, 0.2) is 0 Å². The van der Waals surface area contributed by atoms with Gasteiger partial charge in [0.2, 0.25) is 0 Å². The van der Waals surface area contributed by atoms with E-state index in [4.69, 9.17) is 4.74 Å². The van der Waals surface area contributed by atoms with Crippen LogP contribution in [0.25, 0.3) is 0 Å². The average Bonchev–Trinajstić information content (AvgIpc) is 2.56. The predicted molar refractivity (Wildman–Crippen MR) is 76.8 cm³/mol. The van der Waals surface area contributed by atoms with Crippen LogP contribution in [0.3, 0.4) is 0 Å². The summed E-state index contributed by atoms with van der Waals surface area (Å²) in [5.41, 5.74) is -0.244. The third-order valence-corrected chi connectivity index (χ3v) is 4.57. The van der Waals surface area contributed by atoms with Crippen molar-refractivity contribution in [1.29, 1.82) is 0 Å². The molecule has 1 N–H and O–H groups in total. The molecule has 3 atom stereocenters. The van der Waals surface area contributed by atoms with Gasteiger partial charge in [0.1, 0.15) is 5.60 Å². The zero-order valence-electron chi connectivity index (χ0n) is 13.1. The molecule has 2 aliphatic rings. The Hall–Kier alpha value is -0.570. The van der Waals surface area contributed by atoms with Crippen LogP contribution < -0.4 is 5.32 Å². The third-order valence-electron chi connectivity index (χ3n) is 4.57. The van der Waals surface area contributed by atoms with E-state index in [0.29, 0.717) is 11.8 Å². The Kier molecular flexibility index (Phi) is 3.97. The van der Waals surface area contributed by atoms with Gasteiger partial charge in [-0.2, -0.15) is 0 Å². The molecule has 0 bridgehead atoms. The van der Waals surface area contributed by atoms with E-state index in [1.807, 2.05) is 20.8 Å². The van der Waals surface area contributed by atoms with Crippen LogP contribution in [0.1, 0.15) is 53.9 Å². The molecule has 0 aromatic rings. The van der Waals surface area contributed by atoms with Crippen molar-refractivity contribution in [2.24, 2.45) is 23.2 Å². The Morgan fingerprint density at radius 2 is 1.79 bits per heavy atom. The highest BCUT2D eigenvalue weighted by atomic mass is 16.6. The number of rotatable bonds is 1. The smallest absolute Gasteiger partial charge is 0.311 e. The molecular formula is C16H29NO2. The fraction of sp³-hybridized carbons (Fsp3) is 0.938. The largest absolute Gasteiger partial charge is 0.460 e. The molecule has 1 aliphatic heterocycles. The first kappa shape index (κ1) is 14.8. The Morgan fingerprint density at radius 1 is 1.21 bits per heavy atom. The minimum absolute atomic E-state index is 0.00111. The van der Waals surface area contributed by atoms with Gasteiger partial charge in [0.05, 0.1) is 5.92 Å². The van der Waals surface area contributed by atoms with Crippen molar-refractivity contribution in [1.82, 2.24) is 5.32 Å². The number of ether oxygens (including phenoxy) is 1. The molecule has 1 aliphatic carbocycles. The molecule has 3 heteroatoms. The van der Waals surface area contributed by atoms with Crippen LogP contribution in [0, 0.1) is 23.2 Å². The van der Waals surface area contributed by atoms with Gasteiger partial charge in [0, 0.05) is 13.1 Å². The van der Waals surface area contributed by atoms with Gasteiger partial charge in [-0.15, -0.1) is 0 Å². The number of nitrogens with one attached hydrogen (secondary N) is 1. The third kappa shape index (κ3) is 3.31. The highest BCUT2D eigenvalue weighted by Gasteiger charge is 2.51. The second-order valence-electron chi connectivity index (χ2n) is 7.93. The number of carbonyl (C=O) groups is 1. The van der Waals surface area contributed by atoms with Gasteiger partial charge in [-0.3, -0.25) is 4.79 Å². The Bertz CT molecular complexity index is 335. The molecule has 3 nitrogen and oxygen atoms in total. The van der Waals surface area contributed by atoms with Crippen LogP contribution in [0.5, 0.6) is 0 Å². The molecule has 0 amide bonds. The molecule has 0 radical (unpaired) electrons. The van der Waals surface area contributed by atoms with Gasteiger partial charge in [-0.1, -0.05) is 13.8 Å². The van der Waals surface area contributed by atoms with E-state index in [2.05, 4.69) is 19.2 Å². The summed E-state index contributed by atoms with van der Waals surface area (Å²) in [5, 5.41) is 3.44.